The fourth-order valence-electron chi connectivity index (χ4n) is 5.96. The van der Waals surface area contributed by atoms with E-state index in [0.717, 1.165) is 0 Å². The lowest BCUT2D eigenvalue weighted by Crippen LogP contribution is -2.29. The van der Waals surface area contributed by atoms with Gasteiger partial charge in [-0.25, -0.2) is 4.57 Å². The molecule has 0 atom stereocenters. The minimum Gasteiger partial charge on any atom is -0.307 e. The first-order chi connectivity index (χ1) is 16.5. The van der Waals surface area contributed by atoms with Gasteiger partial charge < -0.3 is 4.40 Å². The number of para-hydroxylation sites is 1. The molecule has 0 fully saturated rings. The van der Waals surface area contributed by atoms with Crippen LogP contribution in [0.4, 0.5) is 0 Å². The Kier molecular flexibility index (Phi) is 3.91. The highest BCUT2D eigenvalue weighted by Gasteiger charge is 2.25. The van der Waals surface area contributed by atoms with Crippen LogP contribution in [0.25, 0.3) is 60.1 Å². The Morgan fingerprint density at radius 2 is 1.56 bits per heavy atom. The highest BCUT2D eigenvalue weighted by molar-refractivity contribution is 6.27. The van der Waals surface area contributed by atoms with Crippen LogP contribution in [0.2, 0.25) is 0 Å². The summed E-state index contributed by atoms with van der Waals surface area (Å²) in [7, 11) is 2.18. The average molecular weight is 440 g/mol. The zero-order valence-corrected chi connectivity index (χ0v) is 20.1. The van der Waals surface area contributed by atoms with Gasteiger partial charge in [-0.2, -0.15) is 0 Å². The van der Waals surface area contributed by atoms with Gasteiger partial charge in [-0.05, 0) is 41.0 Å². The van der Waals surface area contributed by atoms with Gasteiger partial charge in [0.05, 0.1) is 27.3 Å². The van der Waals surface area contributed by atoms with Crippen molar-refractivity contribution < 1.29 is 4.57 Å². The normalized spacial score (nSPS) is 12.4. The van der Waals surface area contributed by atoms with Crippen molar-refractivity contribution in [3.63, 3.8) is 0 Å². The maximum atomic E-state index is 2.57. The molecular formula is C32H27N2+. The molecule has 0 aliphatic rings. The Labute approximate surface area is 199 Å². The lowest BCUT2D eigenvalue weighted by atomic mass is 9.95. The molecule has 0 unspecified atom stereocenters. The summed E-state index contributed by atoms with van der Waals surface area (Å²) < 4.78 is 4.87. The second-order valence-corrected chi connectivity index (χ2v) is 9.99. The van der Waals surface area contributed by atoms with E-state index in [0.29, 0.717) is 5.92 Å². The number of benzene rings is 4. The lowest BCUT2D eigenvalue weighted by molar-refractivity contribution is -0.643. The van der Waals surface area contributed by atoms with Crippen molar-refractivity contribution in [1.29, 1.82) is 0 Å². The standard InChI is InChI=1S/C32H27N2/c1-19(2)23-17-22-15-16-33(4)32-28-20(3)13-14-26-25-12-8-11-24(21-9-6-5-7-10-21)30(25)34(31(26)28)27(18-23)29(22)32/h5-19H,1-4H3/q+1. The highest BCUT2D eigenvalue weighted by atomic mass is 15.0. The van der Waals surface area contributed by atoms with Gasteiger partial charge in [0.2, 0.25) is 5.52 Å². The Balaban J connectivity index is 1.88. The molecule has 0 bridgehead atoms. The molecular weight excluding hydrogens is 412 g/mol. The van der Waals surface area contributed by atoms with E-state index in [4.69, 9.17) is 0 Å². The van der Waals surface area contributed by atoms with Gasteiger partial charge in [0.25, 0.3) is 0 Å². The fourth-order valence-corrected chi connectivity index (χ4v) is 5.96. The van der Waals surface area contributed by atoms with Crippen LogP contribution in [-0.2, 0) is 7.05 Å². The smallest absolute Gasteiger partial charge is 0.224 e. The van der Waals surface area contributed by atoms with Crippen molar-refractivity contribution in [2.75, 3.05) is 0 Å². The largest absolute Gasteiger partial charge is 0.307 e. The number of aryl methyl sites for hydroxylation is 2. The molecule has 34 heavy (non-hydrogen) atoms. The topological polar surface area (TPSA) is 8.29 Å². The predicted octanol–water partition coefficient (Wildman–Crippen LogP) is 7.91. The minimum atomic E-state index is 0.461. The molecule has 4 aromatic carbocycles. The molecule has 3 aromatic heterocycles. The Morgan fingerprint density at radius 1 is 0.765 bits per heavy atom. The minimum absolute atomic E-state index is 0.461. The Morgan fingerprint density at radius 3 is 2.35 bits per heavy atom. The summed E-state index contributed by atoms with van der Waals surface area (Å²) in [5.41, 5.74) is 10.5. The number of pyridine rings is 2. The van der Waals surface area contributed by atoms with E-state index in [-0.39, 0.29) is 0 Å². The van der Waals surface area contributed by atoms with Gasteiger partial charge in [0.15, 0.2) is 6.20 Å². The number of nitrogens with zero attached hydrogens (tertiary/aromatic N) is 2. The molecule has 164 valence electrons. The van der Waals surface area contributed by atoms with Crippen molar-refractivity contribution in [2.45, 2.75) is 26.7 Å². The maximum Gasteiger partial charge on any atom is 0.224 e. The van der Waals surface area contributed by atoms with Crippen LogP contribution in [0.1, 0.15) is 30.9 Å². The summed E-state index contributed by atoms with van der Waals surface area (Å²) in [6.07, 6.45) is 2.22. The van der Waals surface area contributed by atoms with Gasteiger partial charge in [-0.3, -0.25) is 0 Å². The van der Waals surface area contributed by atoms with Gasteiger partial charge >= 0.3 is 0 Å². The zero-order chi connectivity index (χ0) is 23.1. The lowest BCUT2D eigenvalue weighted by Gasteiger charge is -2.16. The Hall–Kier alpha value is -3.91. The second kappa shape index (κ2) is 6.80. The first-order valence-corrected chi connectivity index (χ1v) is 12.1. The molecule has 7 aromatic rings. The summed E-state index contributed by atoms with van der Waals surface area (Å²) in [5, 5.41) is 6.65. The molecule has 0 saturated carbocycles. The number of fused-ring (bicyclic) bond motifs is 5. The van der Waals surface area contributed by atoms with E-state index in [1.54, 1.807) is 0 Å². The molecule has 3 heterocycles. The molecule has 0 aliphatic heterocycles. The number of hydrogen-bond acceptors (Lipinski definition) is 0. The van der Waals surface area contributed by atoms with Crippen LogP contribution >= 0.6 is 0 Å². The second-order valence-electron chi connectivity index (χ2n) is 9.99. The molecule has 0 spiro atoms. The summed E-state index contributed by atoms with van der Waals surface area (Å²) in [6, 6.07) is 29.3. The average Bonchev–Trinajstić information content (AvgIpc) is 3.19. The van der Waals surface area contributed by atoms with Gasteiger partial charge in [-0.15, -0.1) is 0 Å². The van der Waals surface area contributed by atoms with Gasteiger partial charge in [0.1, 0.15) is 7.05 Å². The van der Waals surface area contributed by atoms with Crippen LogP contribution in [0.5, 0.6) is 0 Å². The number of hydrogen-bond donors (Lipinski definition) is 0. The van der Waals surface area contributed by atoms with Crippen molar-refractivity contribution >= 4 is 49.0 Å². The monoisotopic (exact) mass is 439 g/mol. The van der Waals surface area contributed by atoms with Crippen LogP contribution in [-0.4, -0.2) is 4.40 Å². The van der Waals surface area contributed by atoms with Crippen molar-refractivity contribution in [1.82, 2.24) is 4.40 Å². The molecule has 0 radical (unpaired) electrons. The van der Waals surface area contributed by atoms with Crippen LogP contribution in [0.15, 0.2) is 85.1 Å². The molecule has 0 saturated heterocycles. The molecule has 2 nitrogen and oxygen atoms in total. The summed E-state index contributed by atoms with van der Waals surface area (Å²) in [5.74, 6) is 0.461. The molecule has 0 amide bonds. The van der Waals surface area contributed by atoms with E-state index in [1.165, 1.54) is 71.3 Å². The molecule has 0 N–H and O–H groups in total. The van der Waals surface area contributed by atoms with Crippen molar-refractivity contribution in [3.8, 4) is 11.1 Å². The summed E-state index contributed by atoms with van der Waals surface area (Å²) in [6.45, 7) is 6.83. The van der Waals surface area contributed by atoms with E-state index in [1.807, 2.05) is 0 Å². The number of aromatic nitrogens is 2. The van der Waals surface area contributed by atoms with Gasteiger partial charge in [-0.1, -0.05) is 80.6 Å². The first-order valence-electron chi connectivity index (χ1n) is 12.1. The van der Waals surface area contributed by atoms with Crippen molar-refractivity contribution in [2.24, 2.45) is 7.05 Å². The van der Waals surface area contributed by atoms with E-state index in [2.05, 4.69) is 122 Å². The van der Waals surface area contributed by atoms with E-state index in [9.17, 15) is 0 Å². The number of rotatable bonds is 2. The third kappa shape index (κ3) is 2.43. The third-order valence-electron chi connectivity index (χ3n) is 7.63. The van der Waals surface area contributed by atoms with Crippen molar-refractivity contribution in [3.05, 3.63) is 96.2 Å². The molecule has 2 heteroatoms. The predicted molar refractivity (Wildman–Crippen MR) is 144 cm³/mol. The van der Waals surface area contributed by atoms with Crippen LogP contribution in [0.3, 0.4) is 0 Å². The van der Waals surface area contributed by atoms with Crippen LogP contribution < -0.4 is 4.57 Å². The third-order valence-corrected chi connectivity index (χ3v) is 7.63. The quantitative estimate of drug-likeness (QED) is 0.147. The van der Waals surface area contributed by atoms with Gasteiger partial charge in [0, 0.05) is 22.4 Å². The zero-order valence-electron chi connectivity index (χ0n) is 20.1. The first kappa shape index (κ1) is 19.5. The van der Waals surface area contributed by atoms with E-state index >= 15 is 0 Å². The maximum absolute atomic E-state index is 2.57. The molecule has 7 rings (SSSR count). The summed E-state index contributed by atoms with van der Waals surface area (Å²) in [4.78, 5) is 0. The SMILES string of the molecule is Cc1ccc2c3cccc(-c4ccccc4)c3n3c4cc(C(C)C)cc5cc[n+](C)c(c1c23)c54. The highest BCUT2D eigenvalue weighted by Crippen LogP contribution is 2.43. The Bertz CT molecular complexity index is 1890. The fraction of sp³-hybridized carbons (Fsp3) is 0.156. The molecule has 0 aliphatic carbocycles. The summed E-state index contributed by atoms with van der Waals surface area (Å²) >= 11 is 0. The van der Waals surface area contributed by atoms with Crippen LogP contribution in [0, 0.1) is 6.92 Å². The van der Waals surface area contributed by atoms with E-state index < -0.39 is 0 Å².